The van der Waals surface area contributed by atoms with Crippen LogP contribution in [0.2, 0.25) is 0 Å². The Kier molecular flexibility index (Phi) is 3.71. The molecule has 0 aliphatic heterocycles. The second kappa shape index (κ2) is 5.27. The minimum atomic E-state index is -0.595. The summed E-state index contributed by atoms with van der Waals surface area (Å²) < 4.78 is 0. The minimum Gasteiger partial charge on any atom is -0.390 e. The predicted molar refractivity (Wildman–Crippen MR) is 72.0 cm³/mol. The molecule has 2 rings (SSSR count). The molecule has 1 heterocycles. The monoisotopic (exact) mass is 261 g/mol. The molecule has 6 nitrogen and oxygen atoms in total. The number of rotatable bonds is 3. The molecule has 0 amide bonds. The highest BCUT2D eigenvalue weighted by molar-refractivity contribution is 5.73. The van der Waals surface area contributed by atoms with Crippen LogP contribution >= 0.6 is 0 Å². The second-order valence-corrected chi connectivity index (χ2v) is 4.69. The number of aliphatic hydroxyl groups is 1. The van der Waals surface area contributed by atoms with Gasteiger partial charge < -0.3 is 5.11 Å². The van der Waals surface area contributed by atoms with Crippen molar-refractivity contribution in [1.82, 2.24) is 4.98 Å². The van der Waals surface area contributed by atoms with Crippen LogP contribution in [0.5, 0.6) is 0 Å². The summed E-state index contributed by atoms with van der Waals surface area (Å²) in [6.07, 6.45) is 4.48. The highest BCUT2D eigenvalue weighted by atomic mass is 16.6. The maximum atomic E-state index is 11.0. The Morgan fingerprint density at radius 2 is 2.37 bits per heavy atom. The van der Waals surface area contributed by atoms with Gasteiger partial charge in [-0.05, 0) is 30.7 Å². The van der Waals surface area contributed by atoms with E-state index in [1.54, 1.807) is 12.1 Å². The number of hydrogen-bond donors (Lipinski definition) is 1. The third-order valence-electron chi connectivity index (χ3n) is 3.40. The molecular formula is C13H15N3O3. The van der Waals surface area contributed by atoms with E-state index >= 15 is 0 Å². The number of hydrogen-bond acceptors (Lipinski definition) is 5. The van der Waals surface area contributed by atoms with E-state index < -0.39 is 17.1 Å². The Bertz CT molecular complexity index is 542. The standard InChI is InChI=1S/C13H15N3O3/c1-8-5-9(6-11(14-2)13(8)17)10-3-4-15-7-12(10)16(18)19/h3-4,6-8,11,13,17H,2,5H2,1H3/t8-,11-,13-/m1/s1. The minimum absolute atomic E-state index is 0.0248. The van der Waals surface area contributed by atoms with Gasteiger partial charge in [-0.25, -0.2) is 0 Å². The molecule has 0 spiro atoms. The van der Waals surface area contributed by atoms with Gasteiger partial charge in [-0.1, -0.05) is 13.0 Å². The van der Waals surface area contributed by atoms with Gasteiger partial charge in [-0.3, -0.25) is 20.1 Å². The van der Waals surface area contributed by atoms with E-state index in [1.807, 2.05) is 6.92 Å². The lowest BCUT2D eigenvalue weighted by Gasteiger charge is -2.29. The molecule has 0 fully saturated rings. The molecule has 6 heteroatoms. The first-order valence-electron chi connectivity index (χ1n) is 5.98. The Morgan fingerprint density at radius 3 is 3.00 bits per heavy atom. The molecule has 100 valence electrons. The Balaban J connectivity index is 2.47. The second-order valence-electron chi connectivity index (χ2n) is 4.69. The van der Waals surface area contributed by atoms with Crippen molar-refractivity contribution in [2.24, 2.45) is 10.9 Å². The zero-order valence-electron chi connectivity index (χ0n) is 10.6. The molecule has 1 aliphatic carbocycles. The quantitative estimate of drug-likeness (QED) is 0.511. The van der Waals surface area contributed by atoms with Crippen molar-refractivity contribution < 1.29 is 10.0 Å². The van der Waals surface area contributed by atoms with Crippen LogP contribution in [0.1, 0.15) is 18.9 Å². The fraction of sp³-hybridized carbons (Fsp3) is 0.385. The van der Waals surface area contributed by atoms with Crippen molar-refractivity contribution in [3.8, 4) is 0 Å². The van der Waals surface area contributed by atoms with Crippen LogP contribution in [0.15, 0.2) is 29.5 Å². The van der Waals surface area contributed by atoms with Crippen LogP contribution in [0.3, 0.4) is 0 Å². The molecule has 0 unspecified atom stereocenters. The summed E-state index contributed by atoms with van der Waals surface area (Å²) in [6, 6.07) is 1.20. The topological polar surface area (TPSA) is 88.6 Å². The first-order valence-corrected chi connectivity index (χ1v) is 5.98. The average molecular weight is 261 g/mol. The van der Waals surface area contributed by atoms with Crippen molar-refractivity contribution in [2.75, 3.05) is 0 Å². The lowest BCUT2D eigenvalue weighted by molar-refractivity contribution is -0.385. The summed E-state index contributed by atoms with van der Waals surface area (Å²) in [6.45, 7) is 5.35. The molecule has 0 aromatic carbocycles. The van der Waals surface area contributed by atoms with E-state index in [0.29, 0.717) is 12.0 Å². The lowest BCUT2D eigenvalue weighted by atomic mass is 9.82. The van der Waals surface area contributed by atoms with E-state index in [1.165, 1.54) is 12.4 Å². The van der Waals surface area contributed by atoms with E-state index in [-0.39, 0.29) is 11.6 Å². The molecular weight excluding hydrogens is 246 g/mol. The number of nitro groups is 1. The van der Waals surface area contributed by atoms with Crippen molar-refractivity contribution in [2.45, 2.75) is 25.5 Å². The van der Waals surface area contributed by atoms with Crippen LogP contribution in [0.25, 0.3) is 5.57 Å². The van der Waals surface area contributed by atoms with Crippen LogP contribution < -0.4 is 0 Å². The largest absolute Gasteiger partial charge is 0.390 e. The number of aliphatic imine (C=N–C) groups is 1. The molecule has 1 aliphatic rings. The first-order chi connectivity index (χ1) is 9.04. The number of aliphatic hydroxyl groups excluding tert-OH is 1. The lowest BCUT2D eigenvalue weighted by Crippen LogP contribution is -2.33. The molecule has 1 aromatic rings. The third-order valence-corrected chi connectivity index (χ3v) is 3.40. The van der Waals surface area contributed by atoms with E-state index in [0.717, 1.165) is 5.57 Å². The van der Waals surface area contributed by atoms with Gasteiger partial charge in [-0.15, -0.1) is 0 Å². The van der Waals surface area contributed by atoms with Crippen molar-refractivity contribution in [3.05, 3.63) is 40.2 Å². The summed E-state index contributed by atoms with van der Waals surface area (Å²) in [5.41, 5.74) is 1.32. The first kappa shape index (κ1) is 13.4. The Labute approximate surface area is 110 Å². The van der Waals surface area contributed by atoms with Gasteiger partial charge in [0.1, 0.15) is 6.20 Å². The van der Waals surface area contributed by atoms with Gasteiger partial charge in [0.15, 0.2) is 0 Å². The summed E-state index contributed by atoms with van der Waals surface area (Å²) in [7, 11) is 0. The molecule has 1 aromatic heterocycles. The van der Waals surface area contributed by atoms with E-state index in [4.69, 9.17) is 0 Å². The van der Waals surface area contributed by atoms with Crippen molar-refractivity contribution in [1.29, 1.82) is 0 Å². The average Bonchev–Trinajstić information content (AvgIpc) is 2.41. The molecule has 0 saturated heterocycles. The molecule has 0 saturated carbocycles. The van der Waals surface area contributed by atoms with Gasteiger partial charge in [0, 0.05) is 6.20 Å². The molecule has 0 radical (unpaired) electrons. The normalized spacial score (nSPS) is 26.6. The molecule has 19 heavy (non-hydrogen) atoms. The van der Waals surface area contributed by atoms with Crippen LogP contribution in [0, 0.1) is 16.0 Å². The summed E-state index contributed by atoms with van der Waals surface area (Å²) >= 11 is 0. The van der Waals surface area contributed by atoms with Gasteiger partial charge in [-0.2, -0.15) is 0 Å². The molecule has 1 N–H and O–H groups in total. The van der Waals surface area contributed by atoms with E-state index in [2.05, 4.69) is 16.7 Å². The Morgan fingerprint density at radius 1 is 1.63 bits per heavy atom. The summed E-state index contributed by atoms with van der Waals surface area (Å²) in [5.74, 6) is -0.0248. The van der Waals surface area contributed by atoms with Crippen LogP contribution in [0.4, 0.5) is 5.69 Å². The Hall–Kier alpha value is -2.08. The van der Waals surface area contributed by atoms with Gasteiger partial charge in [0.2, 0.25) is 0 Å². The van der Waals surface area contributed by atoms with Crippen LogP contribution in [-0.2, 0) is 0 Å². The predicted octanol–water partition coefficient (Wildman–Crippen LogP) is 1.84. The van der Waals surface area contributed by atoms with Crippen molar-refractivity contribution >= 4 is 18.0 Å². The SMILES string of the molecule is C=N[C@@H]1C=C(c2ccncc2[N+](=O)[O-])C[C@@H](C)[C@H]1O. The highest BCUT2D eigenvalue weighted by Gasteiger charge is 2.30. The summed E-state index contributed by atoms with van der Waals surface area (Å²) in [5, 5.41) is 21.0. The number of aromatic nitrogens is 1. The fourth-order valence-corrected chi connectivity index (χ4v) is 2.34. The number of pyridine rings is 1. The maximum absolute atomic E-state index is 11.0. The van der Waals surface area contributed by atoms with Gasteiger partial charge >= 0.3 is 0 Å². The number of nitrogens with zero attached hydrogens (tertiary/aromatic N) is 3. The van der Waals surface area contributed by atoms with E-state index in [9.17, 15) is 15.2 Å². The smallest absolute Gasteiger partial charge is 0.294 e. The highest BCUT2D eigenvalue weighted by Crippen LogP contribution is 2.35. The zero-order chi connectivity index (χ0) is 14.0. The van der Waals surface area contributed by atoms with Gasteiger partial charge in [0.25, 0.3) is 5.69 Å². The third kappa shape index (κ3) is 2.53. The summed E-state index contributed by atoms with van der Waals surface area (Å²) in [4.78, 5) is 18.2. The van der Waals surface area contributed by atoms with Crippen molar-refractivity contribution in [3.63, 3.8) is 0 Å². The van der Waals surface area contributed by atoms with Crippen LogP contribution in [-0.4, -0.2) is 33.9 Å². The zero-order valence-corrected chi connectivity index (χ0v) is 10.6. The maximum Gasteiger partial charge on any atom is 0.294 e. The fourth-order valence-electron chi connectivity index (χ4n) is 2.34. The van der Waals surface area contributed by atoms with Gasteiger partial charge in [0.05, 0.1) is 22.6 Å². The molecule has 3 atom stereocenters. The molecule has 0 bridgehead atoms. The number of allylic oxidation sites excluding steroid dienone is 1.